The fourth-order valence-electron chi connectivity index (χ4n) is 20.2. The Balaban J connectivity index is 0.695. The van der Waals surface area contributed by atoms with E-state index in [2.05, 4.69) is 379 Å². The van der Waals surface area contributed by atoms with E-state index in [1.807, 2.05) is 23.5 Å². The fourth-order valence-corrected chi connectivity index (χ4v) is 23.0. The highest BCUT2D eigenvalue weighted by molar-refractivity contribution is 8.00. The molecule has 0 atom stereocenters. The van der Waals surface area contributed by atoms with E-state index >= 15 is 0 Å². The lowest BCUT2D eigenvalue weighted by atomic mass is 9.67. The Kier molecular flexibility index (Phi) is 13.0. The van der Waals surface area contributed by atoms with E-state index in [0.29, 0.717) is 5.95 Å². The van der Waals surface area contributed by atoms with Gasteiger partial charge in [-0.3, -0.25) is 9.13 Å². The van der Waals surface area contributed by atoms with Gasteiger partial charge in [-0.2, -0.15) is 0 Å². The zero-order chi connectivity index (χ0) is 73.1. The minimum absolute atomic E-state index is 0.533. The molecule has 4 aromatic heterocycles. The van der Waals surface area contributed by atoms with Gasteiger partial charge in [-0.25, -0.2) is 15.0 Å². The first kappa shape index (κ1) is 62.2. The Labute approximate surface area is 653 Å². The van der Waals surface area contributed by atoms with Gasteiger partial charge < -0.3 is 0 Å². The molecule has 0 fully saturated rings. The number of hydrogen-bond donors (Lipinski definition) is 0. The van der Waals surface area contributed by atoms with Crippen LogP contribution in [-0.4, -0.2) is 24.1 Å². The minimum atomic E-state index is -0.673. The van der Waals surface area contributed by atoms with Crippen molar-refractivity contribution in [1.82, 2.24) is 24.1 Å². The second-order valence-electron chi connectivity index (χ2n) is 30.3. The van der Waals surface area contributed by atoms with E-state index in [0.717, 1.165) is 88.8 Å². The van der Waals surface area contributed by atoms with E-state index < -0.39 is 10.8 Å². The van der Waals surface area contributed by atoms with Crippen LogP contribution in [0.4, 0.5) is 0 Å². The number of rotatable bonds is 6. The highest BCUT2D eigenvalue weighted by atomic mass is 32.2. The van der Waals surface area contributed by atoms with Gasteiger partial charge in [-0.05, 0) is 182 Å². The third-order valence-corrected chi connectivity index (χ3v) is 27.3. The molecule has 0 saturated heterocycles. The third kappa shape index (κ3) is 8.42. The molecule has 0 unspecified atom stereocenters. The minimum Gasteiger partial charge on any atom is -0.294 e. The molecule has 0 bridgehead atoms. The molecule has 5 nitrogen and oxygen atoms in total. The van der Waals surface area contributed by atoms with Gasteiger partial charge in [0.25, 0.3) is 0 Å². The van der Waals surface area contributed by atoms with Crippen LogP contribution in [0.1, 0.15) is 44.5 Å². The van der Waals surface area contributed by atoms with Crippen molar-refractivity contribution in [1.29, 1.82) is 0 Å². The van der Waals surface area contributed by atoms with Crippen molar-refractivity contribution < 1.29 is 0 Å². The number of pyridine rings is 1. The molecule has 21 aromatic rings. The van der Waals surface area contributed by atoms with Gasteiger partial charge in [-0.15, -0.1) is 0 Å². The van der Waals surface area contributed by atoms with E-state index in [4.69, 9.17) is 15.0 Å². The highest BCUT2D eigenvalue weighted by Gasteiger charge is 2.53. The number of benzene rings is 17. The number of para-hydroxylation sites is 1. The zero-order valence-electron chi connectivity index (χ0n) is 60.3. The summed E-state index contributed by atoms with van der Waals surface area (Å²) in [6.07, 6.45) is 0. The molecule has 4 aliphatic rings. The van der Waals surface area contributed by atoms with Crippen molar-refractivity contribution >= 4 is 110 Å². The normalized spacial score (nSPS) is 13.8. The Morgan fingerprint density at radius 1 is 0.232 bits per heavy atom. The molecule has 25 rings (SSSR count). The van der Waals surface area contributed by atoms with Gasteiger partial charge in [0.2, 0.25) is 5.95 Å². The number of nitrogens with zero attached hydrogens (tertiary/aromatic N) is 5. The quantitative estimate of drug-likeness (QED) is 0.166. The van der Waals surface area contributed by atoms with Crippen LogP contribution in [0.3, 0.4) is 0 Å². The van der Waals surface area contributed by atoms with Crippen LogP contribution in [0.5, 0.6) is 0 Å². The summed E-state index contributed by atoms with van der Waals surface area (Å²) in [4.78, 5) is 22.1. The largest absolute Gasteiger partial charge is 0.294 e. The summed E-state index contributed by atoms with van der Waals surface area (Å²) in [5.41, 5.74) is 29.2. The van der Waals surface area contributed by atoms with Gasteiger partial charge in [-0.1, -0.05) is 333 Å². The molecular weight excluding hydrogens is 1400 g/mol. The number of aromatic nitrogens is 5. The lowest BCUT2D eigenvalue weighted by molar-refractivity contribution is 0.726. The lowest BCUT2D eigenvalue weighted by Crippen LogP contribution is -2.32. The van der Waals surface area contributed by atoms with Gasteiger partial charge in [0, 0.05) is 57.5 Å². The van der Waals surface area contributed by atoms with Crippen molar-refractivity contribution in [2.75, 3.05) is 0 Å². The number of hydrogen-bond acceptors (Lipinski definition) is 5. The summed E-state index contributed by atoms with van der Waals surface area (Å²) in [5.74, 6) is 1.50. The summed E-state index contributed by atoms with van der Waals surface area (Å²) in [5, 5.41) is 11.7. The summed E-state index contributed by atoms with van der Waals surface area (Å²) in [6.45, 7) is 0. The second kappa shape index (κ2) is 23.4. The maximum atomic E-state index is 5.87. The molecular formula is C105H61N5S2. The van der Waals surface area contributed by atoms with E-state index in [-0.39, 0.29) is 0 Å². The van der Waals surface area contributed by atoms with Gasteiger partial charge in [0.05, 0.1) is 49.6 Å². The molecule has 0 saturated carbocycles. The van der Waals surface area contributed by atoms with Crippen LogP contribution < -0.4 is 0 Å². The van der Waals surface area contributed by atoms with Crippen molar-refractivity contribution in [3.05, 3.63) is 415 Å². The first-order valence-corrected chi connectivity index (χ1v) is 40.1. The van der Waals surface area contributed by atoms with Crippen LogP contribution in [-0.2, 0) is 10.8 Å². The molecule has 2 aliphatic heterocycles. The van der Waals surface area contributed by atoms with Crippen molar-refractivity contribution in [3.8, 4) is 78.7 Å². The molecule has 112 heavy (non-hydrogen) atoms. The molecule has 17 aromatic carbocycles. The Bertz CT molecular complexity index is 7610. The fraction of sp³-hybridized carbons (Fsp3) is 0.0190. The van der Waals surface area contributed by atoms with Crippen molar-refractivity contribution in [2.45, 2.75) is 30.4 Å². The zero-order valence-corrected chi connectivity index (χ0v) is 61.9. The average Bonchev–Trinajstić information content (AvgIpc) is 1.49. The SMILES string of the molecule is c1ccc(-c2ccc(-c3nc(-n4c5ccc6c(c5c5c7ccccc7ccc54)Sc4cc(-c5ccc7nc(-n8c9ccc%10c(c9c9c%11ccccc%11ccc98)Sc8ccccc8C%108c9ccccc9-c9ccccc98)cc(-c8ccccc8)c7c5)ccc4C64c5ccccc5-c5ccccc54)nc4ccccc34)cc2)cc1. The highest BCUT2D eigenvalue weighted by Crippen LogP contribution is 2.66. The molecule has 518 valence electrons. The predicted molar refractivity (Wildman–Crippen MR) is 463 cm³/mol. The topological polar surface area (TPSA) is 48.5 Å². The third-order valence-electron chi connectivity index (χ3n) is 24.9. The first-order valence-electron chi connectivity index (χ1n) is 38.5. The molecule has 0 radical (unpaired) electrons. The van der Waals surface area contributed by atoms with E-state index in [1.54, 1.807) is 0 Å². The lowest BCUT2D eigenvalue weighted by Gasteiger charge is -2.40. The monoisotopic (exact) mass is 1460 g/mol. The molecule has 7 heteroatoms. The predicted octanol–water partition coefficient (Wildman–Crippen LogP) is 27.0. The summed E-state index contributed by atoms with van der Waals surface area (Å²) in [7, 11) is 0. The Morgan fingerprint density at radius 3 is 1.27 bits per heavy atom. The first-order chi connectivity index (χ1) is 55.5. The molecule has 2 spiro atoms. The van der Waals surface area contributed by atoms with Crippen LogP contribution >= 0.6 is 23.5 Å². The number of fused-ring (bicyclic) bond motifs is 32. The molecule has 6 heterocycles. The van der Waals surface area contributed by atoms with Crippen molar-refractivity contribution in [2.24, 2.45) is 0 Å². The summed E-state index contributed by atoms with van der Waals surface area (Å²) < 4.78 is 4.81. The van der Waals surface area contributed by atoms with Gasteiger partial charge in [0.15, 0.2) is 0 Å². The van der Waals surface area contributed by atoms with Crippen molar-refractivity contribution in [3.63, 3.8) is 0 Å². The maximum Gasteiger partial charge on any atom is 0.235 e. The van der Waals surface area contributed by atoms with E-state index in [1.165, 1.54) is 135 Å². The van der Waals surface area contributed by atoms with Crippen LogP contribution in [0, 0.1) is 0 Å². The maximum absolute atomic E-state index is 5.87. The average molecular weight is 1460 g/mol. The molecule has 2 aliphatic carbocycles. The second-order valence-corrected chi connectivity index (χ2v) is 32.4. The van der Waals surface area contributed by atoms with Crippen LogP contribution in [0.15, 0.2) is 390 Å². The summed E-state index contributed by atoms with van der Waals surface area (Å²) >= 11 is 3.83. The van der Waals surface area contributed by atoms with Gasteiger partial charge >= 0.3 is 0 Å². The Hall–Kier alpha value is -13.7. The standard InChI is InChI=1S/C105H61N5S2/c1-3-23-62(24-4-1)63-43-45-67(46-44-63)100-76-35-15-21-41-87(76)107-103(108-100)110-90-56-50-66-28-8-10-30-71(66)97(90)99-92(110)58-53-86-102(99)112-94-60-69(47-51-84(94)105(86)81-38-18-13-33-74(81)75-34-14-19-39-82(75)105)68-48-54-88-78(59-68)77(64-25-5-2-6-26-64)61-95(106-88)109-89-55-49-65-27-7-9-29-70(65)96(89)98-91(109)57-52-85-101(98)111-93-42-22-20-40-83(93)104(85)79-36-16-11-31-72(79)73-32-12-17-37-80(73)104/h1-61H. The van der Waals surface area contributed by atoms with E-state index in [9.17, 15) is 0 Å². The van der Waals surface area contributed by atoms with Gasteiger partial charge in [0.1, 0.15) is 5.82 Å². The van der Waals surface area contributed by atoms with Crippen LogP contribution in [0.25, 0.3) is 166 Å². The molecule has 0 N–H and O–H groups in total. The van der Waals surface area contributed by atoms with Crippen LogP contribution in [0.2, 0.25) is 0 Å². The molecule has 0 amide bonds. The Morgan fingerprint density at radius 2 is 0.652 bits per heavy atom. The summed E-state index contributed by atoms with van der Waals surface area (Å²) in [6, 6.07) is 138. The smallest absolute Gasteiger partial charge is 0.235 e.